The number of pyridine rings is 1. The highest BCUT2D eigenvalue weighted by atomic mass is 35.5. The molecule has 1 N–H and O–H groups in total. The molecule has 0 aliphatic heterocycles. The smallest absolute Gasteiger partial charge is 0.358 e. The Balaban J connectivity index is 1.58. The van der Waals surface area contributed by atoms with Crippen LogP contribution in [0.25, 0.3) is 10.2 Å². The van der Waals surface area contributed by atoms with Crippen LogP contribution in [0.1, 0.15) is 33.2 Å². The van der Waals surface area contributed by atoms with Gasteiger partial charge in [-0.15, -0.1) is 11.3 Å². The Bertz CT molecular complexity index is 1060. The molecule has 0 saturated carbocycles. The van der Waals surface area contributed by atoms with Crippen molar-refractivity contribution in [3.8, 4) is 0 Å². The van der Waals surface area contributed by atoms with Gasteiger partial charge >= 0.3 is 5.97 Å². The number of fused-ring (bicyclic) bond motifs is 3. The van der Waals surface area contributed by atoms with Gasteiger partial charge in [0.25, 0.3) is 5.56 Å². The summed E-state index contributed by atoms with van der Waals surface area (Å²) in [5, 5.41) is 0.936. The van der Waals surface area contributed by atoms with E-state index in [9.17, 15) is 9.59 Å². The fraction of sp³-hybridized carbons (Fsp3) is 0.250. The monoisotopic (exact) mass is 395 g/mol. The molecule has 25 heavy (non-hydrogen) atoms. The Morgan fingerprint density at radius 3 is 2.96 bits per heavy atom. The Labute approximate surface area is 155 Å². The van der Waals surface area contributed by atoms with Crippen LogP contribution in [0.3, 0.4) is 0 Å². The van der Waals surface area contributed by atoms with Crippen LogP contribution in [0.5, 0.6) is 0 Å². The highest BCUT2D eigenvalue weighted by molar-refractivity contribution is 7.18. The zero-order valence-electron chi connectivity index (χ0n) is 12.8. The fourth-order valence-corrected chi connectivity index (χ4v) is 4.49. The number of carbonyl (C=O) groups excluding carboxylic acids is 1. The molecule has 1 aliphatic rings. The van der Waals surface area contributed by atoms with Crippen LogP contribution in [-0.2, 0) is 24.2 Å². The molecule has 0 spiro atoms. The molecule has 128 valence electrons. The third-order valence-electron chi connectivity index (χ3n) is 3.97. The van der Waals surface area contributed by atoms with Crippen molar-refractivity contribution in [2.45, 2.75) is 25.9 Å². The molecule has 0 fully saturated rings. The lowest BCUT2D eigenvalue weighted by molar-refractivity contribution is 0.0455. The van der Waals surface area contributed by atoms with E-state index in [0.29, 0.717) is 10.2 Å². The number of thiophene rings is 1. The number of carbonyl (C=O) groups is 1. The number of aromatic nitrogens is 3. The first-order chi connectivity index (χ1) is 12.0. The molecule has 9 heteroatoms. The minimum absolute atomic E-state index is 0.0762. The van der Waals surface area contributed by atoms with E-state index in [-0.39, 0.29) is 33.9 Å². The normalized spacial score (nSPS) is 13.2. The molecule has 3 heterocycles. The Morgan fingerprint density at radius 1 is 1.28 bits per heavy atom. The van der Waals surface area contributed by atoms with Gasteiger partial charge in [0.1, 0.15) is 22.4 Å². The SMILES string of the molecule is O=C(OCc1nc2sc3c(c2c(=O)[nH]1)CCC3)c1nc(Cl)ccc1Cl. The lowest BCUT2D eigenvalue weighted by Crippen LogP contribution is -2.15. The van der Waals surface area contributed by atoms with Gasteiger partial charge in [0.2, 0.25) is 0 Å². The lowest BCUT2D eigenvalue weighted by Gasteiger charge is -2.06. The number of nitrogens with one attached hydrogen (secondary N) is 1. The number of nitrogens with zero attached hydrogens (tertiary/aromatic N) is 2. The van der Waals surface area contributed by atoms with Gasteiger partial charge in [0, 0.05) is 4.88 Å². The van der Waals surface area contributed by atoms with E-state index >= 15 is 0 Å². The van der Waals surface area contributed by atoms with Crippen molar-refractivity contribution < 1.29 is 9.53 Å². The van der Waals surface area contributed by atoms with Gasteiger partial charge in [0.05, 0.1) is 10.4 Å². The maximum absolute atomic E-state index is 12.4. The predicted octanol–water partition coefficient (Wildman–Crippen LogP) is 3.53. The van der Waals surface area contributed by atoms with Crippen LogP contribution in [0, 0.1) is 0 Å². The van der Waals surface area contributed by atoms with Crippen LogP contribution in [0.2, 0.25) is 10.2 Å². The van der Waals surface area contributed by atoms with E-state index in [2.05, 4.69) is 15.0 Å². The number of aryl methyl sites for hydroxylation is 2. The van der Waals surface area contributed by atoms with Crippen molar-refractivity contribution in [3.05, 3.63) is 54.6 Å². The van der Waals surface area contributed by atoms with Crippen LogP contribution in [-0.4, -0.2) is 20.9 Å². The third kappa shape index (κ3) is 3.03. The van der Waals surface area contributed by atoms with E-state index in [1.807, 2.05) is 0 Å². The van der Waals surface area contributed by atoms with Crippen LogP contribution < -0.4 is 5.56 Å². The number of hydrogen-bond donors (Lipinski definition) is 1. The number of esters is 1. The van der Waals surface area contributed by atoms with Gasteiger partial charge in [-0.05, 0) is 37.0 Å². The molecule has 0 amide bonds. The number of rotatable bonds is 3. The van der Waals surface area contributed by atoms with Crippen molar-refractivity contribution >= 4 is 50.7 Å². The Morgan fingerprint density at radius 2 is 2.12 bits per heavy atom. The summed E-state index contributed by atoms with van der Waals surface area (Å²) in [5.74, 6) is -0.451. The van der Waals surface area contributed by atoms with E-state index < -0.39 is 5.97 Å². The molecule has 3 aromatic rings. The first-order valence-electron chi connectivity index (χ1n) is 7.55. The van der Waals surface area contributed by atoms with Gasteiger partial charge < -0.3 is 9.72 Å². The summed E-state index contributed by atoms with van der Waals surface area (Å²) in [6.07, 6.45) is 2.97. The average Bonchev–Trinajstić information content (AvgIpc) is 3.15. The summed E-state index contributed by atoms with van der Waals surface area (Å²) in [5.41, 5.74) is 0.828. The minimum atomic E-state index is -0.732. The Kier molecular flexibility index (Phi) is 4.23. The van der Waals surface area contributed by atoms with Gasteiger partial charge in [-0.25, -0.2) is 14.8 Å². The maximum Gasteiger partial charge on any atom is 0.358 e. The number of hydrogen-bond acceptors (Lipinski definition) is 6. The van der Waals surface area contributed by atoms with Crippen LogP contribution >= 0.6 is 34.5 Å². The van der Waals surface area contributed by atoms with Gasteiger partial charge in [-0.3, -0.25) is 4.79 Å². The summed E-state index contributed by atoms with van der Waals surface area (Å²) in [7, 11) is 0. The molecule has 4 rings (SSSR count). The van der Waals surface area contributed by atoms with Crippen molar-refractivity contribution in [1.29, 1.82) is 0 Å². The van der Waals surface area contributed by atoms with Crippen molar-refractivity contribution in [2.24, 2.45) is 0 Å². The molecule has 0 bridgehead atoms. The molecule has 0 saturated heterocycles. The van der Waals surface area contributed by atoms with Crippen molar-refractivity contribution in [3.63, 3.8) is 0 Å². The topological polar surface area (TPSA) is 84.9 Å². The first-order valence-corrected chi connectivity index (χ1v) is 9.13. The van der Waals surface area contributed by atoms with Crippen LogP contribution in [0.15, 0.2) is 16.9 Å². The molecule has 3 aromatic heterocycles. The highest BCUT2D eigenvalue weighted by Crippen LogP contribution is 2.34. The minimum Gasteiger partial charge on any atom is -0.453 e. The summed E-state index contributed by atoms with van der Waals surface area (Å²) in [4.78, 5) is 37.3. The molecule has 0 radical (unpaired) electrons. The predicted molar refractivity (Wildman–Crippen MR) is 95.6 cm³/mol. The van der Waals surface area contributed by atoms with E-state index in [1.165, 1.54) is 28.3 Å². The quantitative estimate of drug-likeness (QED) is 0.541. The summed E-state index contributed by atoms with van der Waals surface area (Å²) in [6, 6.07) is 2.94. The molecule has 0 aromatic carbocycles. The molecule has 0 unspecified atom stereocenters. The van der Waals surface area contributed by atoms with Gasteiger partial charge in [0.15, 0.2) is 5.69 Å². The number of ether oxygens (including phenoxy) is 1. The second-order valence-corrected chi connectivity index (χ2v) is 7.47. The molecular weight excluding hydrogens is 385 g/mol. The summed E-state index contributed by atoms with van der Waals surface area (Å²) < 4.78 is 5.16. The largest absolute Gasteiger partial charge is 0.453 e. The third-order valence-corrected chi connectivity index (χ3v) is 5.67. The standard InChI is InChI=1S/C16H11Cl2N3O3S/c17-8-4-5-10(18)19-13(8)16(23)24-6-11-20-14(22)12-7-2-1-3-9(7)25-15(12)21-11/h4-5H,1-3,6H2,(H,20,21,22). The highest BCUT2D eigenvalue weighted by Gasteiger charge is 2.21. The zero-order valence-corrected chi connectivity index (χ0v) is 15.1. The lowest BCUT2D eigenvalue weighted by atomic mass is 10.2. The first kappa shape index (κ1) is 16.5. The summed E-state index contributed by atoms with van der Waals surface area (Å²) >= 11 is 13.2. The molecule has 6 nitrogen and oxygen atoms in total. The van der Waals surface area contributed by atoms with E-state index in [4.69, 9.17) is 27.9 Å². The zero-order chi connectivity index (χ0) is 17.6. The summed E-state index contributed by atoms with van der Waals surface area (Å²) in [6.45, 7) is -0.183. The van der Waals surface area contributed by atoms with E-state index in [1.54, 1.807) is 0 Å². The maximum atomic E-state index is 12.4. The number of H-pyrrole nitrogens is 1. The van der Waals surface area contributed by atoms with E-state index in [0.717, 1.165) is 24.8 Å². The van der Waals surface area contributed by atoms with Crippen molar-refractivity contribution in [2.75, 3.05) is 0 Å². The Hall–Kier alpha value is -1.96. The second-order valence-electron chi connectivity index (χ2n) is 5.59. The molecule has 1 aliphatic carbocycles. The van der Waals surface area contributed by atoms with Gasteiger partial charge in [-0.1, -0.05) is 23.2 Å². The second kappa shape index (κ2) is 6.40. The fourth-order valence-electron chi connectivity index (χ4n) is 2.88. The van der Waals surface area contributed by atoms with Crippen LogP contribution in [0.4, 0.5) is 0 Å². The van der Waals surface area contributed by atoms with Crippen molar-refractivity contribution in [1.82, 2.24) is 15.0 Å². The average molecular weight is 396 g/mol. The number of aromatic amines is 1. The number of halogens is 2. The molecular formula is C16H11Cl2N3O3S. The van der Waals surface area contributed by atoms with Gasteiger partial charge in [-0.2, -0.15) is 0 Å². The molecule has 0 atom stereocenters.